The van der Waals surface area contributed by atoms with Gasteiger partial charge in [0.05, 0.1) is 5.69 Å². The van der Waals surface area contributed by atoms with Crippen LogP contribution < -0.4 is 0 Å². The molecule has 0 fully saturated rings. The number of pyridine rings is 1. The number of nitrogens with zero attached hydrogens (tertiary/aromatic N) is 1. The van der Waals surface area contributed by atoms with E-state index < -0.39 is 0 Å². The van der Waals surface area contributed by atoms with Crippen molar-refractivity contribution >= 4 is 26.7 Å². The number of rotatable bonds is 2. The Bertz CT molecular complexity index is 1050. The minimum atomic E-state index is 1.04. The minimum Gasteiger partial charge on any atom is -0.252 e. The first-order valence-corrected chi connectivity index (χ1v) is 9.15. The minimum absolute atomic E-state index is 1.04. The lowest BCUT2D eigenvalue weighted by molar-refractivity contribution is 1.24. The van der Waals surface area contributed by atoms with Crippen LogP contribution in [0.4, 0.5) is 0 Å². The molecule has 0 amide bonds. The van der Waals surface area contributed by atoms with Gasteiger partial charge in [-0.3, -0.25) is 4.98 Å². The summed E-state index contributed by atoms with van der Waals surface area (Å²) in [6.45, 7) is 4.23. The van der Waals surface area contributed by atoms with Gasteiger partial charge in [-0.05, 0) is 36.9 Å². The largest absolute Gasteiger partial charge is 0.252 e. The van der Waals surface area contributed by atoms with Crippen molar-refractivity contribution in [1.29, 1.82) is 0 Å². The van der Waals surface area contributed by atoms with Crippen LogP contribution in [0.2, 0.25) is 0 Å². The Morgan fingerprint density at radius 2 is 1.44 bits per heavy atom. The summed E-state index contributed by atoms with van der Waals surface area (Å²) in [6, 6.07) is 25.6. The zero-order valence-corrected chi connectivity index (χ0v) is 15.8. The highest BCUT2D eigenvalue weighted by Gasteiger charge is 2.15. The van der Waals surface area contributed by atoms with E-state index in [0.29, 0.717) is 0 Å². The standard InChI is InChI=1S/C23H18BrN/c1-15-8-13-20-16(2)25-23(18-9-11-19(24)12-10-18)22(21(20)14-15)17-6-4-3-5-7-17/h3-14H,1-2H3. The topological polar surface area (TPSA) is 12.9 Å². The Balaban J connectivity index is 2.13. The predicted molar refractivity (Wildman–Crippen MR) is 110 cm³/mol. The van der Waals surface area contributed by atoms with Crippen molar-refractivity contribution in [2.45, 2.75) is 13.8 Å². The second-order valence-electron chi connectivity index (χ2n) is 6.34. The van der Waals surface area contributed by atoms with Crippen molar-refractivity contribution in [2.75, 3.05) is 0 Å². The molecule has 0 atom stereocenters. The lowest BCUT2D eigenvalue weighted by atomic mass is 9.92. The Hall–Kier alpha value is -2.45. The molecule has 4 aromatic rings. The number of aromatic nitrogens is 1. The number of hydrogen-bond donors (Lipinski definition) is 0. The van der Waals surface area contributed by atoms with Crippen LogP contribution in [0.5, 0.6) is 0 Å². The quantitative estimate of drug-likeness (QED) is 0.362. The van der Waals surface area contributed by atoms with Crippen molar-refractivity contribution < 1.29 is 0 Å². The summed E-state index contributed by atoms with van der Waals surface area (Å²) in [7, 11) is 0. The SMILES string of the molecule is Cc1ccc2c(C)nc(-c3ccc(Br)cc3)c(-c3ccccc3)c2c1. The average Bonchev–Trinajstić information content (AvgIpc) is 2.62. The van der Waals surface area contributed by atoms with Crippen LogP contribution in [0.25, 0.3) is 33.2 Å². The van der Waals surface area contributed by atoms with Gasteiger partial charge in [-0.15, -0.1) is 0 Å². The van der Waals surface area contributed by atoms with Crippen LogP contribution in [-0.2, 0) is 0 Å². The van der Waals surface area contributed by atoms with E-state index in [1.165, 1.54) is 27.5 Å². The molecule has 0 aliphatic carbocycles. The summed E-state index contributed by atoms with van der Waals surface area (Å²) in [5.74, 6) is 0. The molecule has 1 nitrogen and oxygen atoms in total. The van der Waals surface area contributed by atoms with Gasteiger partial charge in [0.1, 0.15) is 0 Å². The summed E-state index contributed by atoms with van der Waals surface area (Å²) < 4.78 is 1.07. The molecule has 1 heterocycles. The monoisotopic (exact) mass is 387 g/mol. The van der Waals surface area contributed by atoms with Gasteiger partial charge in [0.2, 0.25) is 0 Å². The molecule has 25 heavy (non-hydrogen) atoms. The molecule has 0 saturated heterocycles. The molecular formula is C23H18BrN. The fraction of sp³-hybridized carbons (Fsp3) is 0.0870. The van der Waals surface area contributed by atoms with Crippen LogP contribution in [0.1, 0.15) is 11.3 Å². The van der Waals surface area contributed by atoms with E-state index in [0.717, 1.165) is 21.4 Å². The Morgan fingerprint density at radius 3 is 2.16 bits per heavy atom. The molecule has 0 saturated carbocycles. The zero-order valence-electron chi connectivity index (χ0n) is 14.3. The fourth-order valence-electron chi connectivity index (χ4n) is 3.31. The van der Waals surface area contributed by atoms with Crippen molar-refractivity contribution in [3.05, 3.63) is 88.5 Å². The number of hydrogen-bond acceptors (Lipinski definition) is 1. The first kappa shape index (κ1) is 16.0. The van der Waals surface area contributed by atoms with Gasteiger partial charge in [-0.2, -0.15) is 0 Å². The number of fused-ring (bicyclic) bond motifs is 1. The van der Waals surface area contributed by atoms with Crippen LogP contribution >= 0.6 is 15.9 Å². The van der Waals surface area contributed by atoms with E-state index in [1.807, 2.05) is 0 Å². The molecule has 0 radical (unpaired) electrons. The highest BCUT2D eigenvalue weighted by molar-refractivity contribution is 9.10. The van der Waals surface area contributed by atoms with Crippen LogP contribution in [0, 0.1) is 13.8 Å². The molecule has 4 rings (SSSR count). The van der Waals surface area contributed by atoms with E-state index in [1.54, 1.807) is 0 Å². The first-order valence-electron chi connectivity index (χ1n) is 8.36. The summed E-state index contributed by atoms with van der Waals surface area (Å²) >= 11 is 3.52. The Morgan fingerprint density at radius 1 is 0.720 bits per heavy atom. The van der Waals surface area contributed by atoms with Gasteiger partial charge in [0.25, 0.3) is 0 Å². The Labute approximate surface area is 156 Å². The van der Waals surface area contributed by atoms with E-state index in [2.05, 4.69) is 103 Å². The summed E-state index contributed by atoms with van der Waals surface area (Å²) in [4.78, 5) is 4.99. The third-order valence-corrected chi connectivity index (χ3v) is 5.06. The third kappa shape index (κ3) is 2.98. The van der Waals surface area contributed by atoms with Crippen molar-refractivity contribution in [2.24, 2.45) is 0 Å². The van der Waals surface area contributed by atoms with Crippen molar-refractivity contribution in [3.63, 3.8) is 0 Å². The smallest absolute Gasteiger partial charge is 0.0790 e. The number of aryl methyl sites for hydroxylation is 2. The maximum atomic E-state index is 4.99. The van der Waals surface area contributed by atoms with Gasteiger partial charge >= 0.3 is 0 Å². The van der Waals surface area contributed by atoms with Gasteiger partial charge in [-0.25, -0.2) is 0 Å². The number of benzene rings is 3. The Kier molecular flexibility index (Phi) is 4.14. The average molecular weight is 388 g/mol. The van der Waals surface area contributed by atoms with Crippen LogP contribution in [0.15, 0.2) is 77.3 Å². The van der Waals surface area contributed by atoms with Gasteiger partial charge in [-0.1, -0.05) is 82.2 Å². The molecule has 1 aromatic heterocycles. The van der Waals surface area contributed by atoms with Gasteiger partial charge in [0, 0.05) is 26.7 Å². The lowest BCUT2D eigenvalue weighted by Gasteiger charge is -2.16. The molecule has 0 N–H and O–H groups in total. The molecule has 0 aliphatic heterocycles. The highest BCUT2D eigenvalue weighted by atomic mass is 79.9. The van der Waals surface area contributed by atoms with Gasteiger partial charge in [0.15, 0.2) is 0 Å². The van der Waals surface area contributed by atoms with Crippen LogP contribution in [0.3, 0.4) is 0 Å². The van der Waals surface area contributed by atoms with E-state index in [-0.39, 0.29) is 0 Å². The van der Waals surface area contributed by atoms with E-state index in [9.17, 15) is 0 Å². The summed E-state index contributed by atoms with van der Waals surface area (Å²) in [5.41, 5.74) is 6.89. The molecule has 0 spiro atoms. The molecule has 122 valence electrons. The normalized spacial score (nSPS) is 11.0. The highest BCUT2D eigenvalue weighted by Crippen LogP contribution is 2.38. The van der Waals surface area contributed by atoms with E-state index in [4.69, 9.17) is 4.98 Å². The van der Waals surface area contributed by atoms with Gasteiger partial charge < -0.3 is 0 Å². The van der Waals surface area contributed by atoms with Crippen LogP contribution in [-0.4, -0.2) is 4.98 Å². The maximum absolute atomic E-state index is 4.99. The van der Waals surface area contributed by atoms with Crippen molar-refractivity contribution in [3.8, 4) is 22.4 Å². The molecule has 0 aliphatic rings. The molecule has 0 bridgehead atoms. The molecule has 3 aromatic carbocycles. The van der Waals surface area contributed by atoms with E-state index >= 15 is 0 Å². The second kappa shape index (κ2) is 6.45. The first-order chi connectivity index (χ1) is 12.1. The van der Waals surface area contributed by atoms with Crippen molar-refractivity contribution in [1.82, 2.24) is 4.98 Å². The summed E-state index contributed by atoms with van der Waals surface area (Å²) in [6.07, 6.45) is 0. The number of halogens is 1. The lowest BCUT2D eigenvalue weighted by Crippen LogP contribution is -1.96. The molecule has 0 unspecified atom stereocenters. The molecular weight excluding hydrogens is 370 g/mol. The summed E-state index contributed by atoms with van der Waals surface area (Å²) in [5, 5.41) is 2.47. The second-order valence-corrected chi connectivity index (χ2v) is 7.26. The fourth-order valence-corrected chi connectivity index (χ4v) is 3.57. The maximum Gasteiger partial charge on any atom is 0.0790 e. The predicted octanol–water partition coefficient (Wildman–Crippen LogP) is 6.95. The zero-order chi connectivity index (χ0) is 17.4. The molecule has 2 heteroatoms. The third-order valence-electron chi connectivity index (χ3n) is 4.53.